The summed E-state index contributed by atoms with van der Waals surface area (Å²) in [6, 6.07) is 8.66. The second-order valence-corrected chi connectivity index (χ2v) is 7.21. The molecule has 1 fully saturated rings. The van der Waals surface area contributed by atoms with Crippen molar-refractivity contribution in [1.82, 2.24) is 30.2 Å². The summed E-state index contributed by atoms with van der Waals surface area (Å²) < 4.78 is 7.66. The highest BCUT2D eigenvalue weighted by molar-refractivity contribution is 6.30. The smallest absolute Gasteiger partial charge is 0.240 e. The largest absolute Gasteiger partial charge is 0.368 e. The number of hydrogen-bond donors (Lipinski definition) is 2. The standard InChI is InChI=1S/C20H21ClN6O2/c1-13-10-16(26-20(25-13)27-8-6-22-12-27)18-17(23-7-9-29-18)19(28)24-11-14-2-4-15(21)5-3-14/h2-6,8,10,12,17-18,23H,7,9,11H2,1H3,(H,24,28). The summed E-state index contributed by atoms with van der Waals surface area (Å²) >= 11 is 5.91. The highest BCUT2D eigenvalue weighted by Crippen LogP contribution is 2.24. The van der Waals surface area contributed by atoms with Gasteiger partial charge in [0.1, 0.15) is 18.5 Å². The molecule has 1 aliphatic heterocycles. The van der Waals surface area contributed by atoms with Crippen LogP contribution in [-0.2, 0) is 16.1 Å². The van der Waals surface area contributed by atoms with E-state index in [-0.39, 0.29) is 5.91 Å². The molecule has 8 nitrogen and oxygen atoms in total. The van der Waals surface area contributed by atoms with Gasteiger partial charge >= 0.3 is 0 Å². The SMILES string of the molecule is Cc1cc(C2OCCNC2C(=O)NCc2ccc(Cl)cc2)nc(-n2ccnc2)n1. The van der Waals surface area contributed by atoms with Gasteiger partial charge in [0, 0.05) is 36.2 Å². The van der Waals surface area contributed by atoms with Crippen LogP contribution in [0.3, 0.4) is 0 Å². The fourth-order valence-corrected chi connectivity index (χ4v) is 3.33. The van der Waals surface area contributed by atoms with Gasteiger partial charge in [0.25, 0.3) is 0 Å². The van der Waals surface area contributed by atoms with E-state index in [0.29, 0.717) is 36.4 Å². The number of ether oxygens (including phenoxy) is 1. The molecule has 0 aliphatic carbocycles. The maximum atomic E-state index is 12.9. The van der Waals surface area contributed by atoms with Crippen molar-refractivity contribution in [2.45, 2.75) is 25.6 Å². The zero-order valence-corrected chi connectivity index (χ0v) is 16.6. The molecule has 150 valence electrons. The van der Waals surface area contributed by atoms with Crippen LogP contribution in [0.25, 0.3) is 5.95 Å². The van der Waals surface area contributed by atoms with Gasteiger partial charge in [-0.05, 0) is 30.7 Å². The molecular weight excluding hydrogens is 392 g/mol. The number of benzene rings is 1. The second kappa shape index (κ2) is 8.69. The maximum absolute atomic E-state index is 12.9. The predicted molar refractivity (Wildman–Crippen MR) is 108 cm³/mol. The van der Waals surface area contributed by atoms with E-state index in [0.717, 1.165) is 11.3 Å². The number of carbonyl (C=O) groups is 1. The summed E-state index contributed by atoms with van der Waals surface area (Å²) in [5, 5.41) is 6.87. The molecule has 2 aromatic heterocycles. The Kier molecular flexibility index (Phi) is 5.84. The van der Waals surface area contributed by atoms with Crippen molar-refractivity contribution in [2.75, 3.05) is 13.2 Å². The Morgan fingerprint density at radius 2 is 2.17 bits per heavy atom. The van der Waals surface area contributed by atoms with E-state index in [1.807, 2.05) is 25.1 Å². The lowest BCUT2D eigenvalue weighted by atomic mass is 10.0. The number of imidazole rings is 1. The number of hydrogen-bond acceptors (Lipinski definition) is 6. The molecule has 1 aliphatic rings. The fraction of sp³-hybridized carbons (Fsp3) is 0.300. The Balaban J connectivity index is 1.52. The average Bonchev–Trinajstić information content (AvgIpc) is 3.28. The molecule has 3 heterocycles. The van der Waals surface area contributed by atoms with Crippen molar-refractivity contribution in [3.8, 4) is 5.95 Å². The number of halogens is 1. The number of rotatable bonds is 5. The van der Waals surface area contributed by atoms with Crippen LogP contribution in [0.2, 0.25) is 5.02 Å². The molecule has 2 unspecified atom stereocenters. The first-order valence-electron chi connectivity index (χ1n) is 9.31. The van der Waals surface area contributed by atoms with E-state index in [2.05, 4.69) is 25.6 Å². The molecular formula is C20H21ClN6O2. The van der Waals surface area contributed by atoms with Gasteiger partial charge in [-0.1, -0.05) is 23.7 Å². The van der Waals surface area contributed by atoms with Crippen LogP contribution in [-0.4, -0.2) is 44.6 Å². The molecule has 0 radical (unpaired) electrons. The van der Waals surface area contributed by atoms with E-state index in [9.17, 15) is 4.79 Å². The Morgan fingerprint density at radius 3 is 2.93 bits per heavy atom. The number of aromatic nitrogens is 4. The van der Waals surface area contributed by atoms with Crippen LogP contribution in [0.4, 0.5) is 0 Å². The summed E-state index contributed by atoms with van der Waals surface area (Å²) in [6.07, 6.45) is 4.55. The fourth-order valence-electron chi connectivity index (χ4n) is 3.21. The van der Waals surface area contributed by atoms with Gasteiger partial charge in [-0.3, -0.25) is 9.36 Å². The number of carbonyl (C=O) groups excluding carboxylic acids is 1. The zero-order chi connectivity index (χ0) is 20.2. The van der Waals surface area contributed by atoms with Crippen molar-refractivity contribution in [3.63, 3.8) is 0 Å². The third kappa shape index (κ3) is 4.61. The lowest BCUT2D eigenvalue weighted by Gasteiger charge is -2.31. The predicted octanol–water partition coefficient (Wildman–Crippen LogP) is 1.97. The van der Waals surface area contributed by atoms with Gasteiger partial charge in [-0.2, -0.15) is 0 Å². The van der Waals surface area contributed by atoms with E-state index in [1.165, 1.54) is 0 Å². The number of amides is 1. The molecule has 29 heavy (non-hydrogen) atoms. The highest BCUT2D eigenvalue weighted by atomic mass is 35.5. The molecule has 2 N–H and O–H groups in total. The molecule has 0 bridgehead atoms. The third-order valence-electron chi connectivity index (χ3n) is 4.62. The topological polar surface area (TPSA) is 94.0 Å². The minimum atomic E-state index is -0.555. The minimum absolute atomic E-state index is 0.148. The van der Waals surface area contributed by atoms with Gasteiger partial charge in [0.05, 0.1) is 12.3 Å². The maximum Gasteiger partial charge on any atom is 0.240 e. The highest BCUT2D eigenvalue weighted by Gasteiger charge is 2.34. The summed E-state index contributed by atoms with van der Waals surface area (Å²) in [4.78, 5) is 26.0. The van der Waals surface area contributed by atoms with Gasteiger partial charge in [0.2, 0.25) is 11.9 Å². The Labute approximate surface area is 173 Å². The zero-order valence-electron chi connectivity index (χ0n) is 15.9. The summed E-state index contributed by atoms with van der Waals surface area (Å²) in [7, 11) is 0. The number of nitrogens with one attached hydrogen (secondary N) is 2. The third-order valence-corrected chi connectivity index (χ3v) is 4.87. The van der Waals surface area contributed by atoms with E-state index in [4.69, 9.17) is 16.3 Å². The molecule has 1 aromatic carbocycles. The molecule has 4 rings (SSSR count). The van der Waals surface area contributed by atoms with Crippen molar-refractivity contribution >= 4 is 17.5 Å². The van der Waals surface area contributed by atoms with Crippen LogP contribution in [0.5, 0.6) is 0 Å². The van der Waals surface area contributed by atoms with Crippen LogP contribution >= 0.6 is 11.6 Å². The van der Waals surface area contributed by atoms with E-state index < -0.39 is 12.1 Å². The first-order valence-corrected chi connectivity index (χ1v) is 9.69. The molecule has 0 saturated carbocycles. The second-order valence-electron chi connectivity index (χ2n) is 6.77. The van der Waals surface area contributed by atoms with Crippen LogP contribution in [0, 0.1) is 6.92 Å². The van der Waals surface area contributed by atoms with Gasteiger partial charge in [-0.25, -0.2) is 15.0 Å². The first kappa shape index (κ1) is 19.5. The molecule has 9 heteroatoms. The van der Waals surface area contributed by atoms with Crippen molar-refractivity contribution in [3.05, 3.63) is 71.0 Å². The monoisotopic (exact) mass is 412 g/mol. The minimum Gasteiger partial charge on any atom is -0.368 e. The lowest BCUT2D eigenvalue weighted by Crippen LogP contribution is -2.52. The molecule has 1 saturated heterocycles. The average molecular weight is 413 g/mol. The summed E-state index contributed by atoms with van der Waals surface area (Å²) in [5.74, 6) is 0.345. The van der Waals surface area contributed by atoms with Crippen LogP contribution in [0.1, 0.15) is 23.1 Å². The van der Waals surface area contributed by atoms with Crippen molar-refractivity contribution in [2.24, 2.45) is 0 Å². The molecule has 0 spiro atoms. The summed E-state index contributed by atoms with van der Waals surface area (Å²) in [6.45, 7) is 3.38. The van der Waals surface area contributed by atoms with Gasteiger partial charge < -0.3 is 15.4 Å². The van der Waals surface area contributed by atoms with Crippen molar-refractivity contribution < 1.29 is 9.53 Å². The van der Waals surface area contributed by atoms with Crippen LogP contribution in [0.15, 0.2) is 49.1 Å². The van der Waals surface area contributed by atoms with E-state index >= 15 is 0 Å². The first-order chi connectivity index (χ1) is 14.1. The van der Waals surface area contributed by atoms with Crippen LogP contribution < -0.4 is 10.6 Å². The Morgan fingerprint density at radius 1 is 1.34 bits per heavy atom. The number of morpholine rings is 1. The Hall–Kier alpha value is -2.81. The lowest BCUT2D eigenvalue weighted by molar-refractivity contribution is -0.130. The van der Waals surface area contributed by atoms with E-state index in [1.54, 1.807) is 35.4 Å². The number of nitrogens with zero attached hydrogens (tertiary/aromatic N) is 4. The molecule has 2 atom stereocenters. The molecule has 1 amide bonds. The quantitative estimate of drug-likeness (QED) is 0.665. The van der Waals surface area contributed by atoms with Crippen molar-refractivity contribution in [1.29, 1.82) is 0 Å². The molecule has 3 aromatic rings. The van der Waals surface area contributed by atoms with Gasteiger partial charge in [-0.15, -0.1) is 0 Å². The summed E-state index contributed by atoms with van der Waals surface area (Å²) in [5.41, 5.74) is 2.41. The Bertz CT molecular complexity index is 977. The van der Waals surface area contributed by atoms with Gasteiger partial charge in [0.15, 0.2) is 0 Å². The normalized spacial score (nSPS) is 19.1. The number of aryl methyl sites for hydroxylation is 1.